The Bertz CT molecular complexity index is 789. The third-order valence-electron chi connectivity index (χ3n) is 3.97. The van der Waals surface area contributed by atoms with Crippen LogP contribution in [0, 0.1) is 13.8 Å². The average molecular weight is 387 g/mol. The van der Waals surface area contributed by atoms with Gasteiger partial charge in [0.1, 0.15) is 5.75 Å². The van der Waals surface area contributed by atoms with Crippen molar-refractivity contribution in [3.8, 4) is 5.75 Å². The highest BCUT2D eigenvalue weighted by molar-refractivity contribution is 8.00. The largest absolute Gasteiger partial charge is 0.484 e. The van der Waals surface area contributed by atoms with E-state index in [9.17, 15) is 9.59 Å². The van der Waals surface area contributed by atoms with Crippen LogP contribution in [0.15, 0.2) is 47.4 Å². The molecule has 144 valence electrons. The zero-order valence-corrected chi connectivity index (χ0v) is 17.0. The van der Waals surface area contributed by atoms with E-state index in [0.717, 1.165) is 10.5 Å². The molecule has 0 aliphatic rings. The van der Waals surface area contributed by atoms with E-state index in [2.05, 4.69) is 24.7 Å². The quantitative estimate of drug-likeness (QED) is 0.562. The summed E-state index contributed by atoms with van der Waals surface area (Å²) in [6.07, 6.45) is 0. The van der Waals surface area contributed by atoms with Gasteiger partial charge in [0.2, 0.25) is 5.91 Å². The Labute approximate surface area is 164 Å². The van der Waals surface area contributed by atoms with Gasteiger partial charge in [-0.2, -0.15) is 0 Å². The first-order valence-electron chi connectivity index (χ1n) is 8.85. The van der Waals surface area contributed by atoms with Crippen LogP contribution in [0.25, 0.3) is 0 Å². The van der Waals surface area contributed by atoms with Gasteiger partial charge in [-0.25, -0.2) is 0 Å². The number of aryl methyl sites for hydroxylation is 2. The second-order valence-electron chi connectivity index (χ2n) is 6.66. The van der Waals surface area contributed by atoms with E-state index in [1.54, 1.807) is 0 Å². The van der Waals surface area contributed by atoms with Gasteiger partial charge in [0.05, 0.1) is 5.75 Å². The van der Waals surface area contributed by atoms with Crippen LogP contribution in [0.3, 0.4) is 0 Å². The number of hydrazine groups is 1. The summed E-state index contributed by atoms with van der Waals surface area (Å²) in [5.74, 6) is 0.615. The van der Waals surface area contributed by atoms with Crippen LogP contribution in [0.5, 0.6) is 5.75 Å². The molecular weight excluding hydrogens is 360 g/mol. The summed E-state index contributed by atoms with van der Waals surface area (Å²) in [5, 5.41) is 0. The van der Waals surface area contributed by atoms with Gasteiger partial charge in [0, 0.05) is 4.90 Å². The van der Waals surface area contributed by atoms with Crippen molar-refractivity contribution >= 4 is 23.6 Å². The monoisotopic (exact) mass is 386 g/mol. The highest BCUT2D eigenvalue weighted by Crippen LogP contribution is 2.23. The molecule has 0 saturated heterocycles. The summed E-state index contributed by atoms with van der Waals surface area (Å²) >= 11 is 1.41. The zero-order valence-electron chi connectivity index (χ0n) is 16.2. The molecule has 0 radical (unpaired) electrons. The number of nitrogens with one attached hydrogen (secondary N) is 2. The first-order chi connectivity index (χ1) is 12.8. The molecule has 2 aromatic rings. The number of ether oxygens (including phenoxy) is 1. The highest BCUT2D eigenvalue weighted by Gasteiger charge is 2.08. The van der Waals surface area contributed by atoms with Gasteiger partial charge in [-0.15, -0.1) is 11.8 Å². The third kappa shape index (κ3) is 6.98. The molecule has 0 saturated carbocycles. The molecule has 0 aliphatic heterocycles. The molecule has 2 rings (SSSR count). The number of hydrogen-bond acceptors (Lipinski definition) is 4. The first kappa shape index (κ1) is 20.8. The number of thioether (sulfide) groups is 1. The second-order valence-corrected chi connectivity index (χ2v) is 7.71. The lowest BCUT2D eigenvalue weighted by atomic mass is 9.98. The second kappa shape index (κ2) is 10.0. The highest BCUT2D eigenvalue weighted by atomic mass is 32.2. The Hall–Kier alpha value is -2.47. The lowest BCUT2D eigenvalue weighted by Gasteiger charge is -2.12. The Morgan fingerprint density at radius 3 is 2.30 bits per heavy atom. The molecule has 0 aromatic heterocycles. The number of hydrogen-bond donors (Lipinski definition) is 2. The fraction of sp³-hybridized carbons (Fsp3) is 0.333. The van der Waals surface area contributed by atoms with Crippen molar-refractivity contribution in [2.45, 2.75) is 38.5 Å². The van der Waals surface area contributed by atoms with Crippen molar-refractivity contribution in [3.05, 3.63) is 59.2 Å². The molecule has 6 heteroatoms. The molecule has 0 spiro atoms. The van der Waals surface area contributed by atoms with Crippen LogP contribution in [-0.4, -0.2) is 24.2 Å². The van der Waals surface area contributed by atoms with Crippen LogP contribution in [0.4, 0.5) is 0 Å². The maximum Gasteiger partial charge on any atom is 0.276 e. The summed E-state index contributed by atoms with van der Waals surface area (Å²) in [6, 6.07) is 13.7. The summed E-state index contributed by atoms with van der Waals surface area (Å²) < 4.78 is 5.49. The minimum atomic E-state index is -0.408. The van der Waals surface area contributed by atoms with E-state index in [4.69, 9.17) is 4.74 Å². The van der Waals surface area contributed by atoms with E-state index in [-0.39, 0.29) is 18.3 Å². The van der Waals surface area contributed by atoms with E-state index >= 15 is 0 Å². The lowest BCUT2D eigenvalue weighted by Crippen LogP contribution is -2.44. The summed E-state index contributed by atoms with van der Waals surface area (Å²) in [7, 11) is 0. The molecule has 0 atom stereocenters. The maximum atomic E-state index is 11.8. The Morgan fingerprint density at radius 2 is 1.67 bits per heavy atom. The molecule has 2 N–H and O–H groups in total. The van der Waals surface area contributed by atoms with Gasteiger partial charge in [-0.05, 0) is 55.2 Å². The van der Waals surface area contributed by atoms with Crippen molar-refractivity contribution in [2.24, 2.45) is 0 Å². The van der Waals surface area contributed by atoms with E-state index in [1.165, 1.54) is 22.9 Å². The summed E-state index contributed by atoms with van der Waals surface area (Å²) in [4.78, 5) is 24.7. The normalized spacial score (nSPS) is 10.6. The molecule has 0 unspecified atom stereocenters. The molecular formula is C21H26N2O3S. The van der Waals surface area contributed by atoms with Gasteiger partial charge in [0.15, 0.2) is 6.61 Å². The molecule has 2 aromatic carbocycles. The Kier molecular flexibility index (Phi) is 7.73. The number of rotatable bonds is 7. The lowest BCUT2D eigenvalue weighted by molar-refractivity contribution is -0.128. The maximum absolute atomic E-state index is 11.8. The predicted molar refractivity (Wildman–Crippen MR) is 109 cm³/mol. The van der Waals surface area contributed by atoms with Gasteiger partial charge in [-0.3, -0.25) is 20.4 Å². The first-order valence-corrected chi connectivity index (χ1v) is 9.84. The minimum absolute atomic E-state index is 0.161. The van der Waals surface area contributed by atoms with E-state index in [1.807, 2.05) is 56.3 Å². The molecule has 2 amide bonds. The van der Waals surface area contributed by atoms with Crippen molar-refractivity contribution < 1.29 is 14.3 Å². The van der Waals surface area contributed by atoms with Crippen LogP contribution < -0.4 is 15.6 Å². The zero-order chi connectivity index (χ0) is 19.8. The third-order valence-corrected chi connectivity index (χ3v) is 4.98. The fourth-order valence-electron chi connectivity index (χ4n) is 2.53. The standard InChI is InChI=1S/C21H26N2O3S/c1-14(2)19-10-7-17(11-16(19)4)26-12-20(24)22-23-21(25)13-27-18-8-5-15(3)6-9-18/h5-11,14H,12-13H2,1-4H3,(H,22,24)(H,23,25). The topological polar surface area (TPSA) is 67.4 Å². The van der Waals surface area contributed by atoms with Crippen molar-refractivity contribution in [1.29, 1.82) is 0 Å². The molecule has 5 nitrogen and oxygen atoms in total. The van der Waals surface area contributed by atoms with Crippen LogP contribution >= 0.6 is 11.8 Å². The molecule has 0 bridgehead atoms. The van der Waals surface area contributed by atoms with Crippen LogP contribution in [0.2, 0.25) is 0 Å². The van der Waals surface area contributed by atoms with Crippen molar-refractivity contribution in [1.82, 2.24) is 10.9 Å². The number of carbonyl (C=O) groups excluding carboxylic acids is 2. The number of carbonyl (C=O) groups is 2. The average Bonchev–Trinajstić information content (AvgIpc) is 2.64. The van der Waals surface area contributed by atoms with Crippen LogP contribution in [-0.2, 0) is 9.59 Å². The SMILES string of the molecule is Cc1ccc(SCC(=O)NNC(=O)COc2ccc(C(C)C)c(C)c2)cc1. The summed E-state index contributed by atoms with van der Waals surface area (Å²) in [6.45, 7) is 8.14. The van der Waals surface area contributed by atoms with Gasteiger partial charge >= 0.3 is 0 Å². The van der Waals surface area contributed by atoms with Gasteiger partial charge < -0.3 is 4.74 Å². The predicted octanol–water partition coefficient (Wildman–Crippen LogP) is 3.75. The molecule has 0 aliphatic carbocycles. The number of amides is 2. The van der Waals surface area contributed by atoms with Crippen LogP contribution in [0.1, 0.15) is 36.5 Å². The number of benzene rings is 2. The molecule has 0 heterocycles. The minimum Gasteiger partial charge on any atom is -0.484 e. The van der Waals surface area contributed by atoms with Crippen molar-refractivity contribution in [3.63, 3.8) is 0 Å². The van der Waals surface area contributed by atoms with Gasteiger partial charge in [-0.1, -0.05) is 37.6 Å². The Morgan fingerprint density at radius 1 is 1.00 bits per heavy atom. The molecule has 0 fully saturated rings. The van der Waals surface area contributed by atoms with E-state index in [0.29, 0.717) is 11.7 Å². The Balaban J connectivity index is 1.70. The fourth-order valence-corrected chi connectivity index (χ4v) is 3.23. The smallest absolute Gasteiger partial charge is 0.276 e. The van der Waals surface area contributed by atoms with Crippen molar-refractivity contribution in [2.75, 3.05) is 12.4 Å². The summed E-state index contributed by atoms with van der Waals surface area (Å²) in [5.41, 5.74) is 8.32. The van der Waals surface area contributed by atoms with Gasteiger partial charge in [0.25, 0.3) is 5.91 Å². The molecule has 27 heavy (non-hydrogen) atoms. The van der Waals surface area contributed by atoms with E-state index < -0.39 is 5.91 Å².